The highest BCUT2D eigenvalue weighted by Crippen LogP contribution is 2.25. The summed E-state index contributed by atoms with van der Waals surface area (Å²) in [7, 11) is -2.43. The molecule has 0 bridgehead atoms. The van der Waals surface area contributed by atoms with Crippen LogP contribution in [0.3, 0.4) is 0 Å². The van der Waals surface area contributed by atoms with E-state index in [9.17, 15) is 22.4 Å². The topological polar surface area (TPSA) is 96.0 Å². The maximum atomic E-state index is 14.2. The number of carbonyl (C=O) groups is 2. The Morgan fingerprint density at radius 3 is 2.29 bits per heavy atom. The molecule has 0 unspecified atom stereocenters. The van der Waals surface area contributed by atoms with Gasteiger partial charge in [0.05, 0.1) is 19.1 Å². The molecule has 1 aliphatic rings. The largest absolute Gasteiger partial charge is 0.497 e. The molecular formula is C32H38FN3O5S. The number of amides is 2. The summed E-state index contributed by atoms with van der Waals surface area (Å²) in [6.07, 6.45) is 6.17. The second-order valence-corrected chi connectivity index (χ2v) is 12.6. The first kappa shape index (κ1) is 31.0. The van der Waals surface area contributed by atoms with Crippen molar-refractivity contribution in [2.24, 2.45) is 0 Å². The van der Waals surface area contributed by atoms with Gasteiger partial charge < -0.3 is 15.0 Å². The van der Waals surface area contributed by atoms with Crippen molar-refractivity contribution >= 4 is 27.5 Å². The van der Waals surface area contributed by atoms with E-state index in [1.54, 1.807) is 30.3 Å². The Morgan fingerprint density at radius 2 is 1.64 bits per heavy atom. The zero-order chi connectivity index (χ0) is 30.1. The molecular weight excluding hydrogens is 557 g/mol. The second kappa shape index (κ2) is 14.3. The van der Waals surface area contributed by atoms with Gasteiger partial charge in [0.15, 0.2) is 0 Å². The maximum Gasteiger partial charge on any atom is 0.244 e. The Balaban J connectivity index is 1.72. The van der Waals surface area contributed by atoms with E-state index in [0.29, 0.717) is 11.3 Å². The van der Waals surface area contributed by atoms with Crippen LogP contribution in [0.15, 0.2) is 78.9 Å². The summed E-state index contributed by atoms with van der Waals surface area (Å²) in [5.41, 5.74) is 1.73. The van der Waals surface area contributed by atoms with Gasteiger partial charge in [-0.2, -0.15) is 0 Å². The number of hydrogen-bond acceptors (Lipinski definition) is 5. The zero-order valence-electron chi connectivity index (χ0n) is 24.0. The van der Waals surface area contributed by atoms with E-state index in [1.165, 1.54) is 30.2 Å². The second-order valence-electron chi connectivity index (χ2n) is 10.7. The number of ether oxygens (including phenoxy) is 1. The molecule has 0 saturated heterocycles. The molecule has 42 heavy (non-hydrogen) atoms. The van der Waals surface area contributed by atoms with Crippen LogP contribution in [-0.4, -0.2) is 57.1 Å². The molecule has 4 rings (SSSR count). The third-order valence-electron chi connectivity index (χ3n) is 7.51. The SMILES string of the molecule is COc1cccc(N(CC(=O)N(Cc2ccc(F)cc2)[C@@H](Cc2ccccc2)C(=O)NC2CCCCC2)S(C)(=O)=O)c1. The summed E-state index contributed by atoms with van der Waals surface area (Å²) < 4.78 is 45.9. The van der Waals surface area contributed by atoms with Crippen LogP contribution in [0, 0.1) is 5.82 Å². The van der Waals surface area contributed by atoms with E-state index >= 15 is 0 Å². The van der Waals surface area contributed by atoms with Gasteiger partial charge in [-0.05, 0) is 48.2 Å². The van der Waals surface area contributed by atoms with E-state index in [-0.39, 0.29) is 30.6 Å². The Morgan fingerprint density at radius 1 is 0.952 bits per heavy atom. The van der Waals surface area contributed by atoms with Gasteiger partial charge in [0.25, 0.3) is 0 Å². The number of benzene rings is 3. The van der Waals surface area contributed by atoms with E-state index in [4.69, 9.17) is 4.74 Å². The lowest BCUT2D eigenvalue weighted by Gasteiger charge is -2.35. The number of anilines is 1. The average molecular weight is 596 g/mol. The zero-order valence-corrected chi connectivity index (χ0v) is 24.9. The molecule has 3 aromatic rings. The van der Waals surface area contributed by atoms with Crippen LogP contribution in [0.2, 0.25) is 0 Å². The number of methoxy groups -OCH3 is 1. The smallest absolute Gasteiger partial charge is 0.244 e. The van der Waals surface area contributed by atoms with Gasteiger partial charge in [-0.1, -0.05) is 67.8 Å². The van der Waals surface area contributed by atoms with Crippen molar-refractivity contribution in [3.8, 4) is 5.75 Å². The number of carbonyl (C=O) groups excluding carboxylic acids is 2. The standard InChI is InChI=1S/C32H38FN3O5S/c1-41-29-15-9-14-28(21-29)36(42(2,39)40)23-31(37)35(22-25-16-18-26(33)19-17-25)30(20-24-10-5-3-6-11-24)32(38)34-27-12-7-4-8-13-27/h3,5-6,9-11,14-19,21,27,30H,4,7-8,12-13,20,22-23H2,1-2H3,(H,34,38)/t30-/m0/s1. The van der Waals surface area contributed by atoms with Crippen molar-refractivity contribution in [1.82, 2.24) is 10.2 Å². The normalized spacial score (nSPS) is 14.5. The lowest BCUT2D eigenvalue weighted by Crippen LogP contribution is -2.55. The minimum absolute atomic E-state index is 0.00951. The van der Waals surface area contributed by atoms with Crippen LogP contribution in [0.1, 0.15) is 43.2 Å². The maximum absolute atomic E-state index is 14.2. The van der Waals surface area contributed by atoms with Gasteiger partial charge >= 0.3 is 0 Å². The number of rotatable bonds is 12. The van der Waals surface area contributed by atoms with Crippen molar-refractivity contribution < 1.29 is 27.1 Å². The van der Waals surface area contributed by atoms with Gasteiger partial charge in [-0.3, -0.25) is 13.9 Å². The van der Waals surface area contributed by atoms with Crippen LogP contribution in [0.4, 0.5) is 10.1 Å². The van der Waals surface area contributed by atoms with Gasteiger partial charge in [-0.25, -0.2) is 12.8 Å². The van der Waals surface area contributed by atoms with Crippen molar-refractivity contribution in [2.75, 3.05) is 24.2 Å². The van der Waals surface area contributed by atoms with Gasteiger partial charge in [0.2, 0.25) is 21.8 Å². The highest BCUT2D eigenvalue weighted by atomic mass is 32.2. The third kappa shape index (κ3) is 8.55. The summed E-state index contributed by atoms with van der Waals surface area (Å²) in [4.78, 5) is 29.5. The van der Waals surface area contributed by atoms with Crippen molar-refractivity contribution in [1.29, 1.82) is 0 Å². The fraction of sp³-hybridized carbons (Fsp3) is 0.375. The molecule has 0 aromatic heterocycles. The molecule has 3 aromatic carbocycles. The Hall–Kier alpha value is -3.92. The van der Waals surface area contributed by atoms with Gasteiger partial charge in [0.1, 0.15) is 24.2 Å². The predicted octanol–water partition coefficient (Wildman–Crippen LogP) is 4.69. The fourth-order valence-corrected chi connectivity index (χ4v) is 6.11. The van der Waals surface area contributed by atoms with E-state index in [1.807, 2.05) is 30.3 Å². The molecule has 1 N–H and O–H groups in total. The van der Waals surface area contributed by atoms with Crippen LogP contribution in [0.25, 0.3) is 0 Å². The fourth-order valence-electron chi connectivity index (χ4n) is 5.26. The minimum atomic E-state index is -3.90. The average Bonchev–Trinajstić information content (AvgIpc) is 2.99. The minimum Gasteiger partial charge on any atom is -0.497 e. The molecule has 1 fully saturated rings. The Bertz CT molecular complexity index is 1440. The Labute approximate surface area is 247 Å². The number of nitrogens with zero attached hydrogens (tertiary/aromatic N) is 2. The number of sulfonamides is 1. The molecule has 0 aliphatic heterocycles. The quantitative estimate of drug-likeness (QED) is 0.328. The lowest BCUT2D eigenvalue weighted by molar-refractivity contribution is -0.140. The first-order valence-corrected chi connectivity index (χ1v) is 16.0. The molecule has 10 heteroatoms. The third-order valence-corrected chi connectivity index (χ3v) is 8.65. The summed E-state index contributed by atoms with van der Waals surface area (Å²) in [5, 5.41) is 3.16. The number of nitrogens with one attached hydrogen (secondary N) is 1. The van der Waals surface area contributed by atoms with E-state index < -0.39 is 34.3 Å². The van der Waals surface area contributed by atoms with Gasteiger partial charge in [-0.15, -0.1) is 0 Å². The molecule has 1 atom stereocenters. The molecule has 1 saturated carbocycles. The molecule has 0 radical (unpaired) electrons. The Kier molecular flexibility index (Phi) is 10.6. The summed E-state index contributed by atoms with van der Waals surface area (Å²) >= 11 is 0. The first-order valence-electron chi connectivity index (χ1n) is 14.1. The van der Waals surface area contributed by atoms with Crippen LogP contribution < -0.4 is 14.4 Å². The van der Waals surface area contributed by atoms with E-state index in [0.717, 1.165) is 48.2 Å². The van der Waals surface area contributed by atoms with E-state index in [2.05, 4.69) is 5.32 Å². The lowest BCUT2D eigenvalue weighted by atomic mass is 9.94. The summed E-state index contributed by atoms with van der Waals surface area (Å²) in [6.45, 7) is -0.542. The molecule has 2 amide bonds. The molecule has 1 aliphatic carbocycles. The summed E-state index contributed by atoms with van der Waals surface area (Å²) in [6, 6.07) is 20.6. The molecule has 0 heterocycles. The van der Waals surface area contributed by atoms with Crippen molar-refractivity contribution in [2.45, 2.75) is 57.2 Å². The molecule has 0 spiro atoms. The molecule has 8 nitrogen and oxygen atoms in total. The summed E-state index contributed by atoms with van der Waals surface area (Å²) in [5.74, 6) is -0.847. The van der Waals surface area contributed by atoms with Gasteiger partial charge in [0, 0.05) is 25.1 Å². The number of halogens is 1. The first-order chi connectivity index (χ1) is 20.1. The number of hydrogen-bond donors (Lipinski definition) is 1. The van der Waals surface area contributed by atoms with Crippen LogP contribution in [0.5, 0.6) is 5.75 Å². The highest BCUT2D eigenvalue weighted by molar-refractivity contribution is 7.92. The van der Waals surface area contributed by atoms with Crippen LogP contribution in [-0.2, 0) is 32.6 Å². The van der Waals surface area contributed by atoms with Crippen molar-refractivity contribution in [3.05, 3.63) is 95.8 Å². The van der Waals surface area contributed by atoms with Crippen molar-refractivity contribution in [3.63, 3.8) is 0 Å². The monoisotopic (exact) mass is 595 g/mol. The predicted molar refractivity (Wildman–Crippen MR) is 161 cm³/mol. The highest BCUT2D eigenvalue weighted by Gasteiger charge is 2.34. The molecule has 224 valence electrons. The van der Waals surface area contributed by atoms with Crippen LogP contribution >= 0.6 is 0 Å².